The lowest BCUT2D eigenvalue weighted by molar-refractivity contribution is 0.0282. The summed E-state index contributed by atoms with van der Waals surface area (Å²) < 4.78 is 44.4. The molecule has 9 nitrogen and oxygen atoms in total. The van der Waals surface area contributed by atoms with Gasteiger partial charge in [0, 0.05) is 54.5 Å². The molecule has 11 heteroatoms. The van der Waals surface area contributed by atoms with Crippen LogP contribution in [0.5, 0.6) is 5.75 Å². The van der Waals surface area contributed by atoms with Crippen molar-refractivity contribution in [2.75, 3.05) is 13.7 Å². The van der Waals surface area contributed by atoms with E-state index in [0.29, 0.717) is 33.7 Å². The van der Waals surface area contributed by atoms with Gasteiger partial charge in [-0.05, 0) is 52.0 Å². The third-order valence-corrected chi connectivity index (χ3v) is 7.00. The summed E-state index contributed by atoms with van der Waals surface area (Å²) in [6.45, 7) is 12.9. The van der Waals surface area contributed by atoms with E-state index in [4.69, 9.17) is 9.47 Å². The number of hydrogen-bond acceptors (Lipinski definition) is 6. The molecule has 0 aliphatic heterocycles. The Balaban J connectivity index is 1.62. The molecule has 3 heterocycles. The Kier molecular flexibility index (Phi) is 8.67. The number of carbonyl (C=O) groups excluding carboxylic acids is 2. The van der Waals surface area contributed by atoms with E-state index >= 15 is 4.39 Å². The van der Waals surface area contributed by atoms with E-state index in [9.17, 15) is 14.0 Å². The van der Waals surface area contributed by atoms with Crippen molar-refractivity contribution in [3.63, 3.8) is 0 Å². The number of aryl methyl sites for hydroxylation is 1. The van der Waals surface area contributed by atoms with Gasteiger partial charge in [0.2, 0.25) is 5.82 Å². The molecule has 0 fully saturated rings. The van der Waals surface area contributed by atoms with Gasteiger partial charge in [0.25, 0.3) is 0 Å². The molecule has 4 rings (SSSR count). The number of ketones is 1. The number of nitrogens with zero attached hydrogens (tertiary/aromatic N) is 5. The highest BCUT2D eigenvalue weighted by Crippen LogP contribution is 2.35. The number of rotatable bonds is 8. The Morgan fingerprint density at radius 2 is 1.74 bits per heavy atom. The SMILES string of the molecule is Cc1c(CCOc2c(-c3ccc4ncc(CN(C)C(=O)OC(C)(C)C)n4c3)ccc(F)c2F)c(C(=O)C(C)(C)C)nn1C. The molecule has 0 N–H and O–H groups in total. The molecule has 0 saturated heterocycles. The van der Waals surface area contributed by atoms with Gasteiger partial charge in [0.05, 0.1) is 25.0 Å². The smallest absolute Gasteiger partial charge is 0.410 e. The molecular weight excluding hydrogens is 556 g/mol. The summed E-state index contributed by atoms with van der Waals surface area (Å²) in [5.74, 6) is -2.49. The van der Waals surface area contributed by atoms with Crippen molar-refractivity contribution in [2.45, 2.75) is 67.0 Å². The Hall–Kier alpha value is -4.28. The molecule has 43 heavy (non-hydrogen) atoms. The summed E-state index contributed by atoms with van der Waals surface area (Å²) >= 11 is 0. The zero-order chi connectivity index (χ0) is 31.9. The minimum Gasteiger partial charge on any atom is -0.489 e. The van der Waals surface area contributed by atoms with Crippen LogP contribution in [0.3, 0.4) is 0 Å². The van der Waals surface area contributed by atoms with Gasteiger partial charge in [-0.25, -0.2) is 14.2 Å². The molecule has 0 saturated carbocycles. The Bertz CT molecular complexity index is 1680. The fourth-order valence-electron chi connectivity index (χ4n) is 4.60. The maximum absolute atomic E-state index is 15.2. The number of imidazole rings is 1. The monoisotopic (exact) mass is 595 g/mol. The Labute approximate surface area is 250 Å². The second-order valence-electron chi connectivity index (χ2n) is 12.7. The van der Waals surface area contributed by atoms with Crippen LogP contribution < -0.4 is 4.74 Å². The molecule has 3 aromatic heterocycles. The van der Waals surface area contributed by atoms with Crippen molar-refractivity contribution in [1.29, 1.82) is 0 Å². The molecule has 0 aliphatic carbocycles. The third-order valence-electron chi connectivity index (χ3n) is 7.00. The van der Waals surface area contributed by atoms with E-state index in [1.807, 2.05) is 27.7 Å². The number of fused-ring (bicyclic) bond motifs is 1. The molecule has 0 bridgehead atoms. The summed E-state index contributed by atoms with van der Waals surface area (Å²) in [6, 6.07) is 6.01. The first kappa shape index (κ1) is 31.7. The van der Waals surface area contributed by atoms with Crippen LogP contribution in [-0.2, 0) is 24.8 Å². The second-order valence-corrected chi connectivity index (χ2v) is 12.7. The first-order valence-corrected chi connectivity index (χ1v) is 14.1. The van der Waals surface area contributed by atoms with Crippen molar-refractivity contribution < 1.29 is 27.8 Å². The van der Waals surface area contributed by atoms with Gasteiger partial charge in [-0.1, -0.05) is 20.8 Å². The van der Waals surface area contributed by atoms with E-state index in [-0.39, 0.29) is 31.1 Å². The van der Waals surface area contributed by atoms with E-state index < -0.39 is 28.7 Å². The molecular formula is C32H39F2N5O4. The van der Waals surface area contributed by atoms with Gasteiger partial charge in [0.1, 0.15) is 16.9 Å². The quantitative estimate of drug-likeness (QED) is 0.215. The van der Waals surface area contributed by atoms with Crippen LogP contribution in [0.1, 0.15) is 69.0 Å². The highest BCUT2D eigenvalue weighted by molar-refractivity contribution is 5.99. The molecule has 0 radical (unpaired) electrons. The number of amides is 1. The standard InChI is InChI=1S/C32H39F2N5O4/c1-19-22(27(36-38(19)9)29(40)31(2,3)4)14-15-42-28-23(11-12-24(33)26(28)34)20-10-13-25-35-16-21(39(25)17-20)18-37(8)30(41)43-32(5,6)7/h10-13,16-17H,14-15,18H2,1-9H3. The highest BCUT2D eigenvalue weighted by Gasteiger charge is 2.29. The van der Waals surface area contributed by atoms with Crippen molar-refractivity contribution in [1.82, 2.24) is 24.1 Å². The predicted molar refractivity (Wildman–Crippen MR) is 159 cm³/mol. The summed E-state index contributed by atoms with van der Waals surface area (Å²) in [5.41, 5.74) is 2.79. The Morgan fingerprint density at radius 1 is 1.05 bits per heavy atom. The van der Waals surface area contributed by atoms with Crippen molar-refractivity contribution in [2.24, 2.45) is 12.5 Å². The minimum atomic E-state index is -1.11. The average molecular weight is 596 g/mol. The highest BCUT2D eigenvalue weighted by atomic mass is 19.2. The van der Waals surface area contributed by atoms with Crippen molar-refractivity contribution >= 4 is 17.5 Å². The number of carbonyl (C=O) groups is 2. The van der Waals surface area contributed by atoms with E-state index in [1.54, 1.807) is 68.5 Å². The summed E-state index contributed by atoms with van der Waals surface area (Å²) in [7, 11) is 3.39. The Morgan fingerprint density at radius 3 is 2.40 bits per heavy atom. The predicted octanol–water partition coefficient (Wildman–Crippen LogP) is 6.54. The topological polar surface area (TPSA) is 91.0 Å². The van der Waals surface area contributed by atoms with Crippen LogP contribution in [0.2, 0.25) is 0 Å². The number of hydrogen-bond donors (Lipinski definition) is 0. The van der Waals surface area contributed by atoms with Gasteiger partial charge < -0.3 is 18.8 Å². The van der Waals surface area contributed by atoms with Gasteiger partial charge in [0.15, 0.2) is 17.3 Å². The van der Waals surface area contributed by atoms with Gasteiger partial charge in [-0.3, -0.25) is 9.48 Å². The van der Waals surface area contributed by atoms with E-state index in [1.165, 1.54) is 11.0 Å². The van der Waals surface area contributed by atoms with Gasteiger partial charge in [-0.15, -0.1) is 0 Å². The van der Waals surface area contributed by atoms with Crippen LogP contribution in [0.25, 0.3) is 16.8 Å². The molecule has 0 atom stereocenters. The maximum Gasteiger partial charge on any atom is 0.410 e. The number of halogens is 2. The maximum atomic E-state index is 15.2. The zero-order valence-corrected chi connectivity index (χ0v) is 26.2. The summed E-state index contributed by atoms with van der Waals surface area (Å²) in [6.07, 6.45) is 3.18. The minimum absolute atomic E-state index is 0.0103. The lowest BCUT2D eigenvalue weighted by atomic mass is 9.87. The zero-order valence-electron chi connectivity index (χ0n) is 26.2. The average Bonchev–Trinajstić information content (AvgIpc) is 3.44. The lowest BCUT2D eigenvalue weighted by Gasteiger charge is -2.24. The first-order valence-electron chi connectivity index (χ1n) is 14.1. The molecule has 0 spiro atoms. The summed E-state index contributed by atoms with van der Waals surface area (Å²) in [4.78, 5) is 31.4. The van der Waals surface area contributed by atoms with Crippen molar-refractivity contribution in [3.05, 3.63) is 70.9 Å². The summed E-state index contributed by atoms with van der Waals surface area (Å²) in [5, 5.41) is 4.42. The molecule has 4 aromatic rings. The van der Waals surface area contributed by atoms with Crippen LogP contribution in [0.4, 0.5) is 13.6 Å². The number of benzene rings is 1. The number of ether oxygens (including phenoxy) is 2. The van der Waals surface area contributed by atoms with Gasteiger partial charge >= 0.3 is 6.09 Å². The second kappa shape index (κ2) is 11.8. The van der Waals surface area contributed by atoms with Crippen LogP contribution in [-0.4, -0.2) is 55.2 Å². The fraction of sp³-hybridized carbons (Fsp3) is 0.438. The molecule has 230 valence electrons. The molecule has 1 aromatic carbocycles. The molecule has 0 unspecified atom stereocenters. The van der Waals surface area contributed by atoms with Crippen LogP contribution in [0, 0.1) is 24.0 Å². The first-order chi connectivity index (χ1) is 20.0. The van der Waals surface area contributed by atoms with Crippen LogP contribution >= 0.6 is 0 Å². The van der Waals surface area contributed by atoms with Crippen LogP contribution in [0.15, 0.2) is 36.7 Å². The van der Waals surface area contributed by atoms with E-state index in [0.717, 1.165) is 11.8 Å². The molecule has 1 amide bonds. The fourth-order valence-corrected chi connectivity index (χ4v) is 4.60. The number of pyridine rings is 1. The van der Waals surface area contributed by atoms with Gasteiger partial charge in [-0.2, -0.15) is 9.49 Å². The third kappa shape index (κ3) is 6.87. The molecule has 0 aliphatic rings. The largest absolute Gasteiger partial charge is 0.489 e. The van der Waals surface area contributed by atoms with Crippen molar-refractivity contribution in [3.8, 4) is 16.9 Å². The lowest BCUT2D eigenvalue weighted by Crippen LogP contribution is -2.34. The normalized spacial score (nSPS) is 12.1. The number of Topliss-reactive ketones (excluding diaryl/α,β-unsaturated/α-hetero) is 1. The van der Waals surface area contributed by atoms with E-state index in [2.05, 4.69) is 10.1 Å². The number of aromatic nitrogens is 4.